The van der Waals surface area contributed by atoms with Crippen molar-refractivity contribution in [2.75, 3.05) is 0 Å². The maximum atomic E-state index is 12.2. The summed E-state index contributed by atoms with van der Waals surface area (Å²) in [7, 11) is -3.53. The molecule has 7 heteroatoms. The van der Waals surface area contributed by atoms with Crippen molar-refractivity contribution in [2.45, 2.75) is 18.4 Å². The number of aromatic nitrogens is 2. The predicted molar refractivity (Wildman–Crippen MR) is 90.5 cm³/mol. The number of pyridine rings is 1. The van der Waals surface area contributed by atoms with E-state index in [0.29, 0.717) is 5.01 Å². The zero-order valence-corrected chi connectivity index (χ0v) is 14.1. The molecule has 3 aromatic rings. The lowest BCUT2D eigenvalue weighted by molar-refractivity contribution is 0.581. The summed E-state index contributed by atoms with van der Waals surface area (Å²) in [5, 5.41) is 2.60. The van der Waals surface area contributed by atoms with Crippen LogP contribution in [-0.2, 0) is 16.6 Å². The van der Waals surface area contributed by atoms with Crippen LogP contribution < -0.4 is 4.72 Å². The van der Waals surface area contributed by atoms with Crippen molar-refractivity contribution in [2.24, 2.45) is 0 Å². The van der Waals surface area contributed by atoms with E-state index in [1.54, 1.807) is 36.7 Å². The topological polar surface area (TPSA) is 72.0 Å². The Bertz CT molecular complexity index is 889. The van der Waals surface area contributed by atoms with Crippen LogP contribution in [0.3, 0.4) is 0 Å². The molecule has 23 heavy (non-hydrogen) atoms. The molecule has 0 aliphatic rings. The first-order chi connectivity index (χ1) is 11.0. The molecule has 2 heterocycles. The number of nitrogens with zero attached hydrogens (tertiary/aromatic N) is 2. The molecule has 5 nitrogen and oxygen atoms in total. The van der Waals surface area contributed by atoms with Crippen LogP contribution in [-0.4, -0.2) is 18.4 Å². The van der Waals surface area contributed by atoms with Crippen LogP contribution in [0.4, 0.5) is 0 Å². The van der Waals surface area contributed by atoms with E-state index >= 15 is 0 Å². The molecule has 118 valence electrons. The predicted octanol–water partition coefficient (Wildman–Crippen LogP) is 2.99. The van der Waals surface area contributed by atoms with Crippen LogP contribution in [0.25, 0.3) is 11.3 Å². The number of sulfonamides is 1. The Morgan fingerprint density at radius 2 is 1.96 bits per heavy atom. The highest BCUT2D eigenvalue weighted by Gasteiger charge is 2.14. The number of aryl methyl sites for hydroxylation is 1. The SMILES string of the molecule is Cc1ccc(S(=O)(=O)NCc2nc(-c3cccnc3)cs2)cc1. The number of nitrogens with one attached hydrogen (secondary N) is 1. The van der Waals surface area contributed by atoms with Crippen molar-refractivity contribution in [1.82, 2.24) is 14.7 Å². The van der Waals surface area contributed by atoms with Gasteiger partial charge in [0.05, 0.1) is 17.1 Å². The Kier molecular flexibility index (Phi) is 4.51. The van der Waals surface area contributed by atoms with Crippen LogP contribution in [0.2, 0.25) is 0 Å². The summed E-state index contributed by atoms with van der Waals surface area (Å²) in [6.45, 7) is 2.08. The van der Waals surface area contributed by atoms with Gasteiger partial charge in [-0.2, -0.15) is 0 Å². The second-order valence-corrected chi connectivity index (χ2v) is 7.72. The van der Waals surface area contributed by atoms with Gasteiger partial charge in [0.1, 0.15) is 5.01 Å². The van der Waals surface area contributed by atoms with E-state index in [-0.39, 0.29) is 11.4 Å². The van der Waals surface area contributed by atoms with Gasteiger partial charge in [-0.15, -0.1) is 11.3 Å². The fourth-order valence-corrected chi connectivity index (χ4v) is 3.82. The lowest BCUT2D eigenvalue weighted by Gasteiger charge is -2.05. The van der Waals surface area contributed by atoms with E-state index in [2.05, 4.69) is 14.7 Å². The van der Waals surface area contributed by atoms with Crippen molar-refractivity contribution < 1.29 is 8.42 Å². The van der Waals surface area contributed by atoms with E-state index in [1.165, 1.54) is 11.3 Å². The van der Waals surface area contributed by atoms with Crippen molar-refractivity contribution in [1.29, 1.82) is 0 Å². The van der Waals surface area contributed by atoms with Crippen LogP contribution in [0.5, 0.6) is 0 Å². The van der Waals surface area contributed by atoms with E-state index in [1.807, 2.05) is 24.4 Å². The van der Waals surface area contributed by atoms with Crippen molar-refractivity contribution in [3.05, 3.63) is 64.7 Å². The summed E-state index contributed by atoms with van der Waals surface area (Å²) in [4.78, 5) is 8.75. The minimum atomic E-state index is -3.53. The van der Waals surface area contributed by atoms with Gasteiger partial charge in [0.25, 0.3) is 0 Å². The first kappa shape index (κ1) is 15.8. The zero-order valence-electron chi connectivity index (χ0n) is 12.4. The van der Waals surface area contributed by atoms with Gasteiger partial charge < -0.3 is 0 Å². The second-order valence-electron chi connectivity index (χ2n) is 5.01. The third kappa shape index (κ3) is 3.82. The highest BCUT2D eigenvalue weighted by atomic mass is 32.2. The Morgan fingerprint density at radius 3 is 2.65 bits per heavy atom. The van der Waals surface area contributed by atoms with Gasteiger partial charge in [-0.3, -0.25) is 4.98 Å². The van der Waals surface area contributed by atoms with E-state index in [9.17, 15) is 8.42 Å². The molecule has 0 fully saturated rings. The molecule has 0 unspecified atom stereocenters. The number of benzene rings is 1. The molecule has 0 radical (unpaired) electrons. The molecule has 0 bridgehead atoms. The quantitative estimate of drug-likeness (QED) is 0.771. The fourth-order valence-electron chi connectivity index (χ4n) is 2.00. The van der Waals surface area contributed by atoms with Crippen LogP contribution in [0.15, 0.2) is 59.1 Å². The van der Waals surface area contributed by atoms with Gasteiger partial charge in [0.2, 0.25) is 10.0 Å². The zero-order chi connectivity index (χ0) is 16.3. The molecule has 1 N–H and O–H groups in total. The lowest BCUT2D eigenvalue weighted by Crippen LogP contribution is -2.23. The van der Waals surface area contributed by atoms with Crippen LogP contribution in [0, 0.1) is 6.92 Å². The summed E-state index contributed by atoms with van der Waals surface area (Å²) in [6, 6.07) is 10.5. The van der Waals surface area contributed by atoms with Gasteiger partial charge in [-0.05, 0) is 31.2 Å². The number of hydrogen-bond acceptors (Lipinski definition) is 5. The average molecular weight is 345 g/mol. The number of thiazole rings is 1. The highest BCUT2D eigenvalue weighted by molar-refractivity contribution is 7.89. The molecule has 0 atom stereocenters. The Labute approximate surface area is 139 Å². The molecular formula is C16H15N3O2S2. The second kappa shape index (κ2) is 6.57. The van der Waals surface area contributed by atoms with Gasteiger partial charge in [0.15, 0.2) is 0 Å². The maximum absolute atomic E-state index is 12.2. The van der Waals surface area contributed by atoms with Crippen molar-refractivity contribution >= 4 is 21.4 Å². The summed E-state index contributed by atoms with van der Waals surface area (Å²) in [5.74, 6) is 0. The van der Waals surface area contributed by atoms with E-state index < -0.39 is 10.0 Å². The molecule has 3 rings (SSSR count). The largest absolute Gasteiger partial charge is 0.264 e. The molecule has 2 aromatic heterocycles. The van der Waals surface area contributed by atoms with Gasteiger partial charge in [-0.1, -0.05) is 17.7 Å². The van der Waals surface area contributed by atoms with E-state index in [0.717, 1.165) is 16.8 Å². The molecule has 0 saturated carbocycles. The van der Waals surface area contributed by atoms with Gasteiger partial charge in [-0.25, -0.2) is 18.1 Å². The maximum Gasteiger partial charge on any atom is 0.240 e. The number of hydrogen-bond donors (Lipinski definition) is 1. The van der Waals surface area contributed by atoms with Gasteiger partial charge in [0, 0.05) is 23.3 Å². The van der Waals surface area contributed by atoms with E-state index in [4.69, 9.17) is 0 Å². The lowest BCUT2D eigenvalue weighted by atomic mass is 10.2. The summed E-state index contributed by atoms with van der Waals surface area (Å²) < 4.78 is 27.1. The number of rotatable bonds is 5. The molecule has 1 aromatic carbocycles. The smallest absolute Gasteiger partial charge is 0.240 e. The Morgan fingerprint density at radius 1 is 1.17 bits per heavy atom. The molecular weight excluding hydrogens is 330 g/mol. The van der Waals surface area contributed by atoms with Gasteiger partial charge >= 0.3 is 0 Å². The van der Waals surface area contributed by atoms with Crippen LogP contribution >= 0.6 is 11.3 Å². The first-order valence-corrected chi connectivity index (χ1v) is 9.32. The average Bonchev–Trinajstić information content (AvgIpc) is 3.03. The minimum absolute atomic E-state index is 0.168. The molecule has 0 spiro atoms. The molecule has 0 saturated heterocycles. The summed E-state index contributed by atoms with van der Waals surface area (Å²) in [5.41, 5.74) is 2.73. The molecule has 0 aliphatic carbocycles. The monoisotopic (exact) mass is 345 g/mol. The summed E-state index contributed by atoms with van der Waals surface area (Å²) in [6.07, 6.45) is 3.43. The van der Waals surface area contributed by atoms with Crippen LogP contribution in [0.1, 0.15) is 10.6 Å². The Hall–Kier alpha value is -2.09. The highest BCUT2D eigenvalue weighted by Crippen LogP contribution is 2.21. The fraction of sp³-hybridized carbons (Fsp3) is 0.125. The third-order valence-corrected chi connectivity index (χ3v) is 5.52. The minimum Gasteiger partial charge on any atom is -0.264 e. The molecule has 0 amide bonds. The Balaban J connectivity index is 1.71. The molecule has 0 aliphatic heterocycles. The van der Waals surface area contributed by atoms with Crippen molar-refractivity contribution in [3.63, 3.8) is 0 Å². The normalized spacial score (nSPS) is 11.5. The third-order valence-electron chi connectivity index (χ3n) is 3.25. The first-order valence-electron chi connectivity index (χ1n) is 6.96. The standard InChI is InChI=1S/C16H15N3O2S2/c1-12-4-6-14(7-5-12)23(20,21)18-10-16-19-15(11-22-16)13-3-2-8-17-9-13/h2-9,11,18H,10H2,1H3. The summed E-state index contributed by atoms with van der Waals surface area (Å²) >= 11 is 1.42. The van der Waals surface area contributed by atoms with Crippen molar-refractivity contribution in [3.8, 4) is 11.3 Å².